The fourth-order valence-corrected chi connectivity index (χ4v) is 1.98. The zero-order valence-electron chi connectivity index (χ0n) is 10.2. The van der Waals surface area contributed by atoms with Crippen molar-refractivity contribution in [3.05, 3.63) is 41.2 Å². The van der Waals surface area contributed by atoms with E-state index >= 15 is 0 Å². The third-order valence-corrected chi connectivity index (χ3v) is 2.83. The highest BCUT2D eigenvalue weighted by molar-refractivity contribution is 6.29. The predicted molar refractivity (Wildman–Crippen MR) is 67.8 cm³/mol. The first-order valence-corrected chi connectivity index (χ1v) is 5.96. The van der Waals surface area contributed by atoms with Crippen molar-refractivity contribution in [1.29, 1.82) is 0 Å². The Labute approximate surface area is 110 Å². The van der Waals surface area contributed by atoms with E-state index in [-0.39, 0.29) is 6.04 Å². The van der Waals surface area contributed by atoms with E-state index < -0.39 is 0 Å². The summed E-state index contributed by atoms with van der Waals surface area (Å²) in [4.78, 5) is 8.46. The molecule has 0 fully saturated rings. The molecule has 0 aliphatic rings. The minimum atomic E-state index is -0.204. The molecule has 2 rings (SSSR count). The van der Waals surface area contributed by atoms with Gasteiger partial charge in [-0.25, -0.2) is 4.98 Å². The highest BCUT2D eigenvalue weighted by Gasteiger charge is 2.23. The Hall–Kier alpha value is -1.59. The van der Waals surface area contributed by atoms with Gasteiger partial charge in [-0.1, -0.05) is 6.92 Å². The monoisotopic (exact) mass is 267 g/mol. The van der Waals surface area contributed by atoms with Gasteiger partial charge in [-0.3, -0.25) is 4.98 Å². The maximum absolute atomic E-state index is 6.02. The minimum absolute atomic E-state index is 0.204. The SMILES string of the molecule is CCNC(c1ccoc1Cl)c1nccnc1OC. The second-order valence-electron chi connectivity index (χ2n) is 3.59. The molecule has 1 N–H and O–H groups in total. The summed E-state index contributed by atoms with van der Waals surface area (Å²) in [5.74, 6) is 0.473. The van der Waals surface area contributed by atoms with Crippen LogP contribution in [0.15, 0.2) is 29.1 Å². The Kier molecular flexibility index (Phi) is 4.17. The van der Waals surface area contributed by atoms with Gasteiger partial charge in [-0.15, -0.1) is 0 Å². The molecule has 0 aromatic carbocycles. The van der Waals surface area contributed by atoms with Gasteiger partial charge in [0.05, 0.1) is 19.4 Å². The number of rotatable bonds is 5. The van der Waals surface area contributed by atoms with Crippen molar-refractivity contribution < 1.29 is 9.15 Å². The normalized spacial score (nSPS) is 12.4. The van der Waals surface area contributed by atoms with Gasteiger partial charge in [-0.05, 0) is 24.2 Å². The molecule has 0 bridgehead atoms. The lowest BCUT2D eigenvalue weighted by molar-refractivity contribution is 0.383. The van der Waals surface area contributed by atoms with Crippen molar-refractivity contribution in [3.8, 4) is 5.88 Å². The van der Waals surface area contributed by atoms with Gasteiger partial charge in [0.2, 0.25) is 5.88 Å². The first-order valence-electron chi connectivity index (χ1n) is 5.59. The molecule has 5 nitrogen and oxygen atoms in total. The van der Waals surface area contributed by atoms with Crippen molar-refractivity contribution in [2.45, 2.75) is 13.0 Å². The molecule has 6 heteroatoms. The summed E-state index contributed by atoms with van der Waals surface area (Å²) in [6, 6.07) is 1.61. The second kappa shape index (κ2) is 5.84. The average Bonchev–Trinajstić information content (AvgIpc) is 2.82. The summed E-state index contributed by atoms with van der Waals surface area (Å²) in [6.07, 6.45) is 4.75. The molecule has 18 heavy (non-hydrogen) atoms. The van der Waals surface area contributed by atoms with Gasteiger partial charge in [0.15, 0.2) is 5.22 Å². The Bertz CT molecular complexity index is 516. The van der Waals surface area contributed by atoms with Gasteiger partial charge in [-0.2, -0.15) is 0 Å². The summed E-state index contributed by atoms with van der Waals surface area (Å²) < 4.78 is 10.3. The zero-order valence-corrected chi connectivity index (χ0v) is 10.9. The summed E-state index contributed by atoms with van der Waals surface area (Å²) in [6.45, 7) is 2.76. The van der Waals surface area contributed by atoms with Crippen molar-refractivity contribution in [3.63, 3.8) is 0 Å². The lowest BCUT2D eigenvalue weighted by atomic mass is 10.1. The fourth-order valence-electron chi connectivity index (χ4n) is 1.76. The smallest absolute Gasteiger partial charge is 0.237 e. The third kappa shape index (κ3) is 2.47. The largest absolute Gasteiger partial charge is 0.480 e. The summed E-state index contributed by atoms with van der Waals surface area (Å²) >= 11 is 6.02. The van der Waals surface area contributed by atoms with Crippen LogP contribution in [0.25, 0.3) is 0 Å². The van der Waals surface area contributed by atoms with E-state index in [1.165, 1.54) is 0 Å². The van der Waals surface area contributed by atoms with Gasteiger partial charge in [0, 0.05) is 18.0 Å². The van der Waals surface area contributed by atoms with Crippen LogP contribution >= 0.6 is 11.6 Å². The number of hydrogen-bond acceptors (Lipinski definition) is 5. The van der Waals surface area contributed by atoms with Crippen molar-refractivity contribution in [2.75, 3.05) is 13.7 Å². The highest BCUT2D eigenvalue weighted by Crippen LogP contribution is 2.31. The Balaban J connectivity index is 2.45. The molecule has 96 valence electrons. The maximum Gasteiger partial charge on any atom is 0.237 e. The molecular weight excluding hydrogens is 254 g/mol. The molecule has 0 aliphatic heterocycles. The van der Waals surface area contributed by atoms with Crippen molar-refractivity contribution in [1.82, 2.24) is 15.3 Å². The van der Waals surface area contributed by atoms with Crippen LogP contribution in [0, 0.1) is 0 Å². The Morgan fingerprint density at radius 3 is 2.83 bits per heavy atom. The summed E-state index contributed by atoms with van der Waals surface area (Å²) in [5.41, 5.74) is 1.50. The molecule has 0 aliphatic carbocycles. The molecule has 0 saturated heterocycles. The molecule has 1 atom stereocenters. The summed E-state index contributed by atoms with van der Waals surface area (Å²) in [7, 11) is 1.56. The molecule has 0 saturated carbocycles. The number of furan rings is 1. The first-order chi connectivity index (χ1) is 8.77. The van der Waals surface area contributed by atoms with Crippen LogP contribution in [-0.2, 0) is 0 Å². The molecule has 0 amide bonds. The molecule has 2 aromatic heterocycles. The lowest BCUT2D eigenvalue weighted by Gasteiger charge is -2.17. The van der Waals surface area contributed by atoms with Crippen LogP contribution < -0.4 is 10.1 Å². The highest BCUT2D eigenvalue weighted by atomic mass is 35.5. The quantitative estimate of drug-likeness (QED) is 0.902. The van der Waals surface area contributed by atoms with Crippen molar-refractivity contribution in [2.24, 2.45) is 0 Å². The number of aromatic nitrogens is 2. The number of halogens is 1. The van der Waals surface area contributed by atoms with Crippen LogP contribution in [0.4, 0.5) is 0 Å². The van der Waals surface area contributed by atoms with E-state index in [1.807, 2.05) is 13.0 Å². The van der Waals surface area contributed by atoms with Gasteiger partial charge < -0.3 is 14.5 Å². The summed E-state index contributed by atoms with van der Waals surface area (Å²) in [5, 5.41) is 3.63. The predicted octanol–water partition coefficient (Wildman–Crippen LogP) is 2.43. The van der Waals surface area contributed by atoms with E-state index in [0.29, 0.717) is 16.8 Å². The van der Waals surface area contributed by atoms with Crippen LogP contribution in [0.3, 0.4) is 0 Å². The molecule has 0 spiro atoms. The number of nitrogens with one attached hydrogen (secondary N) is 1. The van der Waals surface area contributed by atoms with E-state index in [9.17, 15) is 0 Å². The number of hydrogen-bond donors (Lipinski definition) is 1. The number of nitrogens with zero attached hydrogens (tertiary/aromatic N) is 2. The van der Waals surface area contributed by atoms with Crippen LogP contribution in [-0.4, -0.2) is 23.6 Å². The first kappa shape index (κ1) is 12.9. The van der Waals surface area contributed by atoms with Gasteiger partial charge >= 0.3 is 0 Å². The Morgan fingerprint density at radius 1 is 1.44 bits per heavy atom. The Morgan fingerprint density at radius 2 is 2.22 bits per heavy atom. The molecule has 2 heterocycles. The van der Waals surface area contributed by atoms with E-state index in [2.05, 4.69) is 15.3 Å². The molecule has 2 aromatic rings. The molecular formula is C12H14ClN3O2. The van der Waals surface area contributed by atoms with Gasteiger partial charge in [0.25, 0.3) is 0 Å². The lowest BCUT2D eigenvalue weighted by Crippen LogP contribution is -2.23. The fraction of sp³-hybridized carbons (Fsp3) is 0.333. The minimum Gasteiger partial charge on any atom is -0.480 e. The molecule has 0 radical (unpaired) electrons. The standard InChI is InChI=1S/C12H14ClN3O2/c1-3-14-9(8-4-7-18-11(8)13)10-12(17-2)16-6-5-15-10/h4-7,9,14H,3H2,1-2H3. The van der Waals surface area contributed by atoms with Crippen LogP contribution in [0.5, 0.6) is 5.88 Å². The average molecular weight is 268 g/mol. The third-order valence-electron chi connectivity index (χ3n) is 2.52. The van der Waals surface area contributed by atoms with E-state index in [0.717, 1.165) is 12.1 Å². The van der Waals surface area contributed by atoms with Crippen molar-refractivity contribution >= 4 is 11.6 Å². The van der Waals surface area contributed by atoms with E-state index in [4.69, 9.17) is 20.8 Å². The zero-order chi connectivity index (χ0) is 13.0. The van der Waals surface area contributed by atoms with Crippen LogP contribution in [0.1, 0.15) is 24.2 Å². The number of ether oxygens (including phenoxy) is 1. The topological polar surface area (TPSA) is 60.2 Å². The maximum atomic E-state index is 6.02. The number of methoxy groups -OCH3 is 1. The van der Waals surface area contributed by atoms with Crippen LogP contribution in [0.2, 0.25) is 5.22 Å². The van der Waals surface area contributed by atoms with E-state index in [1.54, 1.807) is 25.8 Å². The molecule has 1 unspecified atom stereocenters. The second-order valence-corrected chi connectivity index (χ2v) is 3.93. The van der Waals surface area contributed by atoms with Gasteiger partial charge in [0.1, 0.15) is 5.69 Å².